The maximum atomic E-state index is 8.75. The molecule has 0 unspecified atom stereocenters. The summed E-state index contributed by atoms with van der Waals surface area (Å²) in [5.74, 6) is 0. The predicted molar refractivity (Wildman–Crippen MR) is 58.2 cm³/mol. The molecule has 0 amide bonds. The number of rotatable bonds is 5. The Hall–Kier alpha value is -1.29. The number of aromatic nitrogens is 1. The highest BCUT2D eigenvalue weighted by Gasteiger charge is 2.03. The van der Waals surface area contributed by atoms with Crippen molar-refractivity contribution in [3.8, 4) is 0 Å². The van der Waals surface area contributed by atoms with E-state index >= 15 is 0 Å². The van der Waals surface area contributed by atoms with Gasteiger partial charge >= 0.3 is 0 Å². The second-order valence-corrected chi connectivity index (χ2v) is 3.13. The quantitative estimate of drug-likeness (QED) is 0.732. The van der Waals surface area contributed by atoms with Crippen molar-refractivity contribution in [2.24, 2.45) is 0 Å². The van der Waals surface area contributed by atoms with Gasteiger partial charge in [-0.1, -0.05) is 0 Å². The molecule has 0 aliphatic heterocycles. The molecule has 4 heteroatoms. The molecule has 0 bridgehead atoms. The van der Waals surface area contributed by atoms with Crippen molar-refractivity contribution < 1.29 is 5.11 Å². The Balaban J connectivity index is 2.68. The van der Waals surface area contributed by atoms with Crippen LogP contribution >= 0.6 is 0 Å². The zero-order valence-electron chi connectivity index (χ0n) is 8.48. The summed E-state index contributed by atoms with van der Waals surface area (Å²) >= 11 is 0. The van der Waals surface area contributed by atoms with E-state index in [9.17, 15) is 0 Å². The van der Waals surface area contributed by atoms with Crippen LogP contribution in [0.3, 0.4) is 0 Å². The van der Waals surface area contributed by atoms with E-state index in [1.54, 1.807) is 12.4 Å². The molecular weight excluding hydrogens is 178 g/mol. The van der Waals surface area contributed by atoms with Crippen LogP contribution in [0.5, 0.6) is 0 Å². The van der Waals surface area contributed by atoms with Gasteiger partial charge in [-0.3, -0.25) is 4.98 Å². The molecule has 1 heterocycles. The Bertz CT molecular complexity index is 278. The summed E-state index contributed by atoms with van der Waals surface area (Å²) in [6.07, 6.45) is 4.18. The highest BCUT2D eigenvalue weighted by Crippen LogP contribution is 2.15. The highest BCUT2D eigenvalue weighted by molar-refractivity contribution is 5.53. The molecule has 0 aliphatic carbocycles. The van der Waals surface area contributed by atoms with Gasteiger partial charge in [0.2, 0.25) is 0 Å². The molecule has 0 aliphatic rings. The third-order valence-electron chi connectivity index (χ3n) is 2.08. The molecule has 3 N–H and O–H groups in total. The van der Waals surface area contributed by atoms with E-state index in [-0.39, 0.29) is 6.61 Å². The van der Waals surface area contributed by atoms with Crippen LogP contribution < -0.4 is 10.6 Å². The molecular formula is C10H17N3O. The van der Waals surface area contributed by atoms with Gasteiger partial charge in [0.25, 0.3) is 0 Å². The third kappa shape index (κ3) is 2.88. The number of aliphatic hydroxyl groups excluding tert-OH is 1. The second kappa shape index (κ2) is 5.44. The van der Waals surface area contributed by atoms with Crippen LogP contribution in [0.15, 0.2) is 18.5 Å². The van der Waals surface area contributed by atoms with Gasteiger partial charge in [0.05, 0.1) is 17.6 Å². The van der Waals surface area contributed by atoms with Crippen molar-refractivity contribution in [3.05, 3.63) is 18.5 Å². The van der Waals surface area contributed by atoms with E-state index in [4.69, 9.17) is 10.8 Å². The maximum Gasteiger partial charge on any atom is 0.0573 e. The van der Waals surface area contributed by atoms with E-state index in [0.29, 0.717) is 5.69 Å². The molecule has 0 saturated carbocycles. The molecule has 0 fully saturated rings. The summed E-state index contributed by atoms with van der Waals surface area (Å²) in [4.78, 5) is 6.17. The first kappa shape index (κ1) is 10.8. The Morgan fingerprint density at radius 1 is 1.50 bits per heavy atom. The van der Waals surface area contributed by atoms with Crippen molar-refractivity contribution in [3.63, 3.8) is 0 Å². The lowest BCUT2D eigenvalue weighted by Crippen LogP contribution is -2.24. The van der Waals surface area contributed by atoms with E-state index < -0.39 is 0 Å². The number of anilines is 2. The van der Waals surface area contributed by atoms with Crippen LogP contribution in [-0.4, -0.2) is 29.8 Å². The normalized spacial score (nSPS) is 10.1. The summed E-state index contributed by atoms with van der Waals surface area (Å²) in [6, 6.07) is 1.90. The van der Waals surface area contributed by atoms with Gasteiger partial charge in [-0.05, 0) is 19.4 Å². The van der Waals surface area contributed by atoms with Crippen LogP contribution in [0.4, 0.5) is 11.4 Å². The Morgan fingerprint density at radius 2 is 2.29 bits per heavy atom. The van der Waals surface area contributed by atoms with E-state index in [1.807, 2.05) is 6.07 Å². The summed E-state index contributed by atoms with van der Waals surface area (Å²) in [5.41, 5.74) is 7.33. The standard InChI is InChI=1S/C10H17N3O/c1-2-13(4-3-5-14)10-6-9(11)7-12-8-10/h6-8,14H,2-5,11H2,1H3. The second-order valence-electron chi connectivity index (χ2n) is 3.13. The van der Waals surface area contributed by atoms with Crippen LogP contribution in [0, 0.1) is 0 Å². The molecule has 1 rings (SSSR count). The monoisotopic (exact) mass is 195 g/mol. The van der Waals surface area contributed by atoms with E-state index in [2.05, 4.69) is 16.8 Å². The number of hydrogen-bond acceptors (Lipinski definition) is 4. The van der Waals surface area contributed by atoms with Crippen molar-refractivity contribution in [1.82, 2.24) is 4.98 Å². The summed E-state index contributed by atoms with van der Waals surface area (Å²) in [5, 5.41) is 8.75. The summed E-state index contributed by atoms with van der Waals surface area (Å²) in [6.45, 7) is 4.01. The van der Waals surface area contributed by atoms with E-state index in [0.717, 1.165) is 25.2 Å². The molecule has 78 valence electrons. The van der Waals surface area contributed by atoms with Crippen molar-refractivity contribution >= 4 is 11.4 Å². The number of nitrogens with two attached hydrogens (primary N) is 1. The van der Waals surface area contributed by atoms with Crippen molar-refractivity contribution in [2.45, 2.75) is 13.3 Å². The van der Waals surface area contributed by atoms with Crippen LogP contribution in [0.2, 0.25) is 0 Å². The lowest BCUT2D eigenvalue weighted by molar-refractivity contribution is 0.289. The molecule has 0 aromatic carbocycles. The first-order valence-corrected chi connectivity index (χ1v) is 4.84. The highest BCUT2D eigenvalue weighted by atomic mass is 16.3. The largest absolute Gasteiger partial charge is 0.397 e. The fourth-order valence-electron chi connectivity index (χ4n) is 1.35. The minimum Gasteiger partial charge on any atom is -0.397 e. The third-order valence-corrected chi connectivity index (χ3v) is 2.08. The molecule has 0 spiro atoms. The van der Waals surface area contributed by atoms with Crippen molar-refractivity contribution in [2.75, 3.05) is 30.3 Å². The zero-order valence-corrected chi connectivity index (χ0v) is 8.48. The first-order valence-electron chi connectivity index (χ1n) is 4.84. The fourth-order valence-corrected chi connectivity index (χ4v) is 1.35. The van der Waals surface area contributed by atoms with Gasteiger partial charge in [-0.15, -0.1) is 0 Å². The lowest BCUT2D eigenvalue weighted by Gasteiger charge is -2.22. The van der Waals surface area contributed by atoms with Gasteiger partial charge in [0.1, 0.15) is 0 Å². The summed E-state index contributed by atoms with van der Waals surface area (Å²) < 4.78 is 0. The number of aliphatic hydroxyl groups is 1. The Labute approximate surface area is 84.4 Å². The minimum atomic E-state index is 0.215. The molecule has 0 radical (unpaired) electrons. The van der Waals surface area contributed by atoms with E-state index in [1.165, 1.54) is 0 Å². The lowest BCUT2D eigenvalue weighted by atomic mass is 10.3. The van der Waals surface area contributed by atoms with Gasteiger partial charge in [-0.2, -0.15) is 0 Å². The van der Waals surface area contributed by atoms with Gasteiger partial charge < -0.3 is 15.7 Å². The molecule has 0 atom stereocenters. The number of nitrogens with zero attached hydrogens (tertiary/aromatic N) is 2. The SMILES string of the molecule is CCN(CCCO)c1cncc(N)c1. The number of pyridine rings is 1. The van der Waals surface area contributed by atoms with Gasteiger partial charge in [-0.25, -0.2) is 0 Å². The average Bonchev–Trinajstić information content (AvgIpc) is 2.19. The van der Waals surface area contributed by atoms with Crippen LogP contribution in [-0.2, 0) is 0 Å². The van der Waals surface area contributed by atoms with Gasteiger partial charge in [0, 0.05) is 25.9 Å². The topological polar surface area (TPSA) is 62.4 Å². The Morgan fingerprint density at radius 3 is 2.86 bits per heavy atom. The zero-order chi connectivity index (χ0) is 10.4. The van der Waals surface area contributed by atoms with Crippen LogP contribution in [0.1, 0.15) is 13.3 Å². The Kier molecular flexibility index (Phi) is 4.19. The van der Waals surface area contributed by atoms with Crippen LogP contribution in [0.25, 0.3) is 0 Å². The number of hydrogen-bond donors (Lipinski definition) is 2. The molecule has 0 saturated heterocycles. The van der Waals surface area contributed by atoms with Crippen molar-refractivity contribution in [1.29, 1.82) is 0 Å². The molecule has 14 heavy (non-hydrogen) atoms. The summed E-state index contributed by atoms with van der Waals surface area (Å²) in [7, 11) is 0. The molecule has 1 aromatic heterocycles. The maximum absolute atomic E-state index is 8.75. The predicted octanol–water partition coefficient (Wildman–Crippen LogP) is 0.873. The number of nitrogen functional groups attached to an aromatic ring is 1. The van der Waals surface area contributed by atoms with Gasteiger partial charge in [0.15, 0.2) is 0 Å². The smallest absolute Gasteiger partial charge is 0.0573 e. The molecule has 1 aromatic rings. The first-order chi connectivity index (χ1) is 6.77. The average molecular weight is 195 g/mol. The fraction of sp³-hybridized carbons (Fsp3) is 0.500. The molecule has 4 nitrogen and oxygen atoms in total. The minimum absolute atomic E-state index is 0.215.